The first-order valence-corrected chi connectivity index (χ1v) is 3.76. The molecule has 0 saturated carbocycles. The Morgan fingerprint density at radius 1 is 1.67 bits per heavy atom. The summed E-state index contributed by atoms with van der Waals surface area (Å²) in [7, 11) is 1.86. The molecule has 0 saturated heterocycles. The molecule has 5 nitrogen and oxygen atoms in total. The number of fused-ring (bicyclic) bond motifs is 1. The van der Waals surface area contributed by atoms with Crippen molar-refractivity contribution in [1.82, 2.24) is 19.5 Å². The number of nitrogens with zero attached hydrogens (tertiary/aromatic N) is 3. The van der Waals surface area contributed by atoms with Gasteiger partial charge >= 0.3 is 0 Å². The van der Waals surface area contributed by atoms with Gasteiger partial charge in [0.25, 0.3) is 0 Å². The molecule has 3 N–H and O–H groups in total. The van der Waals surface area contributed by atoms with E-state index in [2.05, 4.69) is 15.0 Å². The smallest absolute Gasteiger partial charge is 0.200 e. The molecule has 0 aliphatic carbocycles. The minimum absolute atomic E-state index is 0.316. The highest BCUT2D eigenvalue weighted by atomic mass is 32.1. The van der Waals surface area contributed by atoms with Gasteiger partial charge in [0, 0.05) is 7.05 Å². The highest BCUT2D eigenvalue weighted by Gasteiger charge is 2.02. The number of anilines is 1. The Morgan fingerprint density at radius 2 is 2.42 bits per heavy atom. The molecule has 0 bridgehead atoms. The van der Waals surface area contributed by atoms with Crippen LogP contribution in [0, 0.1) is 4.64 Å². The number of H-pyrrole nitrogens is 1. The number of aryl methyl sites for hydroxylation is 1. The number of nitrogen functional groups attached to an aromatic ring is 1. The highest BCUT2D eigenvalue weighted by Crippen LogP contribution is 2.09. The molecule has 6 heteroatoms. The van der Waals surface area contributed by atoms with Gasteiger partial charge in [0.05, 0.1) is 6.33 Å². The predicted octanol–water partition coefficient (Wildman–Crippen LogP) is 0.608. The maximum Gasteiger partial charge on any atom is 0.200 e. The minimum atomic E-state index is 0.316. The van der Waals surface area contributed by atoms with Gasteiger partial charge < -0.3 is 15.3 Å². The van der Waals surface area contributed by atoms with Gasteiger partial charge in [0.2, 0.25) is 0 Å². The first-order chi connectivity index (χ1) is 5.68. The van der Waals surface area contributed by atoms with Gasteiger partial charge in [-0.1, -0.05) is 12.2 Å². The van der Waals surface area contributed by atoms with E-state index in [1.807, 2.05) is 11.6 Å². The lowest BCUT2D eigenvalue weighted by molar-refractivity contribution is 0.929. The summed E-state index contributed by atoms with van der Waals surface area (Å²) in [4.78, 5) is 10.8. The van der Waals surface area contributed by atoms with E-state index in [1.165, 1.54) is 0 Å². The maximum atomic E-state index is 5.48. The van der Waals surface area contributed by atoms with E-state index in [4.69, 9.17) is 18.0 Å². The first kappa shape index (κ1) is 7.23. The van der Waals surface area contributed by atoms with Crippen LogP contribution in [0.5, 0.6) is 0 Å². The van der Waals surface area contributed by atoms with Crippen molar-refractivity contribution in [3.8, 4) is 0 Å². The van der Waals surface area contributed by atoms with Crippen LogP contribution in [0.4, 0.5) is 5.95 Å². The van der Waals surface area contributed by atoms with Crippen LogP contribution in [0.1, 0.15) is 0 Å². The molecule has 2 heterocycles. The van der Waals surface area contributed by atoms with Crippen molar-refractivity contribution < 1.29 is 0 Å². The van der Waals surface area contributed by atoms with Crippen LogP contribution in [0.15, 0.2) is 6.33 Å². The fourth-order valence-corrected chi connectivity index (χ4v) is 1.29. The van der Waals surface area contributed by atoms with Crippen LogP contribution in [0.3, 0.4) is 0 Å². The molecule has 2 aromatic rings. The number of aromatic nitrogens is 4. The van der Waals surface area contributed by atoms with Gasteiger partial charge in [-0.3, -0.25) is 0 Å². The van der Waals surface area contributed by atoms with E-state index in [-0.39, 0.29) is 0 Å². The van der Waals surface area contributed by atoms with Gasteiger partial charge in [0.1, 0.15) is 11.2 Å². The molecule has 0 aromatic carbocycles. The van der Waals surface area contributed by atoms with Gasteiger partial charge in [-0.2, -0.15) is 0 Å². The van der Waals surface area contributed by atoms with Gasteiger partial charge in [-0.25, -0.2) is 9.97 Å². The fraction of sp³-hybridized carbons (Fsp3) is 0.167. The lowest BCUT2D eigenvalue weighted by Gasteiger charge is -1.95. The second kappa shape index (κ2) is 2.28. The molecule has 0 aliphatic heterocycles. The topological polar surface area (TPSA) is 72.5 Å². The van der Waals surface area contributed by atoms with Crippen molar-refractivity contribution in [2.45, 2.75) is 0 Å². The Bertz CT molecular complexity index is 482. The summed E-state index contributed by atoms with van der Waals surface area (Å²) in [5.41, 5.74) is 6.96. The van der Waals surface area contributed by atoms with Crippen LogP contribution in [-0.2, 0) is 7.05 Å². The van der Waals surface area contributed by atoms with Crippen molar-refractivity contribution in [3.63, 3.8) is 0 Å². The van der Waals surface area contributed by atoms with Crippen LogP contribution < -0.4 is 5.73 Å². The summed E-state index contributed by atoms with van der Waals surface area (Å²) in [6, 6.07) is 0. The van der Waals surface area contributed by atoms with Crippen molar-refractivity contribution in [1.29, 1.82) is 0 Å². The van der Waals surface area contributed by atoms with Gasteiger partial charge in [-0.15, -0.1) is 0 Å². The SMILES string of the molecule is Cn1cnc2c(=S)nc(N)[nH]c21. The fourth-order valence-electron chi connectivity index (χ4n) is 1.05. The zero-order valence-corrected chi connectivity index (χ0v) is 7.22. The van der Waals surface area contributed by atoms with E-state index >= 15 is 0 Å². The standard InChI is InChI=1S/C6H7N5S/c1-11-2-8-3-4(11)9-6(7)10-5(3)12/h2H,1H3,(H3,7,9,10,12). The number of imidazole rings is 1. The molecule has 0 aliphatic rings. The summed E-state index contributed by atoms with van der Waals surface area (Å²) in [6.07, 6.45) is 1.66. The van der Waals surface area contributed by atoms with Crippen LogP contribution >= 0.6 is 12.2 Å². The number of rotatable bonds is 0. The predicted molar refractivity (Wildman–Crippen MR) is 48.1 cm³/mol. The minimum Gasteiger partial charge on any atom is -0.369 e. The van der Waals surface area contributed by atoms with Gasteiger partial charge in [-0.05, 0) is 0 Å². The largest absolute Gasteiger partial charge is 0.369 e. The normalized spacial score (nSPS) is 10.8. The Hall–Kier alpha value is -1.43. The van der Waals surface area contributed by atoms with E-state index in [0.717, 1.165) is 5.65 Å². The molecule has 0 radical (unpaired) electrons. The molecule has 12 heavy (non-hydrogen) atoms. The second-order valence-corrected chi connectivity index (χ2v) is 2.87. The monoisotopic (exact) mass is 181 g/mol. The molecule has 2 rings (SSSR count). The van der Waals surface area contributed by atoms with Gasteiger partial charge in [0.15, 0.2) is 10.6 Å². The third-order valence-electron chi connectivity index (χ3n) is 1.61. The van der Waals surface area contributed by atoms with E-state index in [1.54, 1.807) is 6.33 Å². The van der Waals surface area contributed by atoms with Crippen molar-refractivity contribution in [3.05, 3.63) is 11.0 Å². The number of hydrogen-bond acceptors (Lipinski definition) is 4. The quantitative estimate of drug-likeness (QED) is 0.584. The molecule has 0 spiro atoms. The molecule has 0 atom stereocenters. The summed E-state index contributed by atoms with van der Waals surface area (Å²) < 4.78 is 2.24. The molecular weight excluding hydrogens is 174 g/mol. The van der Waals surface area contributed by atoms with Crippen LogP contribution in [-0.4, -0.2) is 19.5 Å². The lowest BCUT2D eigenvalue weighted by atomic mass is 10.5. The molecule has 2 aromatic heterocycles. The molecule has 62 valence electrons. The summed E-state index contributed by atoms with van der Waals surface area (Å²) in [5.74, 6) is 0.316. The zero-order valence-electron chi connectivity index (χ0n) is 6.40. The number of aromatic amines is 1. The Kier molecular flexibility index (Phi) is 1.37. The van der Waals surface area contributed by atoms with Crippen LogP contribution in [0.25, 0.3) is 11.2 Å². The van der Waals surface area contributed by atoms with Crippen LogP contribution in [0.2, 0.25) is 0 Å². The third-order valence-corrected chi connectivity index (χ3v) is 1.89. The van der Waals surface area contributed by atoms with Crippen molar-refractivity contribution in [2.24, 2.45) is 7.05 Å². The average Bonchev–Trinajstić information content (AvgIpc) is 2.33. The number of nitrogens with two attached hydrogens (primary N) is 1. The Labute approximate surface area is 73.3 Å². The molecule has 0 fully saturated rings. The Balaban J connectivity index is 3.03. The summed E-state index contributed by atoms with van der Waals surface area (Å²) in [5, 5.41) is 0. The molecular formula is C6H7N5S. The first-order valence-electron chi connectivity index (χ1n) is 3.35. The Morgan fingerprint density at radius 3 is 3.17 bits per heavy atom. The highest BCUT2D eigenvalue weighted by molar-refractivity contribution is 7.71. The van der Waals surface area contributed by atoms with Crippen molar-refractivity contribution >= 4 is 29.3 Å². The average molecular weight is 181 g/mol. The van der Waals surface area contributed by atoms with E-state index in [9.17, 15) is 0 Å². The lowest BCUT2D eigenvalue weighted by Crippen LogP contribution is -1.97. The molecule has 0 unspecified atom stereocenters. The maximum absolute atomic E-state index is 5.48. The van der Waals surface area contributed by atoms with Crippen molar-refractivity contribution in [2.75, 3.05) is 5.73 Å². The summed E-state index contributed by atoms with van der Waals surface area (Å²) >= 11 is 4.97. The molecule has 0 amide bonds. The summed E-state index contributed by atoms with van der Waals surface area (Å²) in [6.45, 7) is 0. The number of hydrogen-bond donors (Lipinski definition) is 2. The number of nitrogens with one attached hydrogen (secondary N) is 1. The second-order valence-electron chi connectivity index (χ2n) is 2.48. The van der Waals surface area contributed by atoms with E-state index < -0.39 is 0 Å². The zero-order chi connectivity index (χ0) is 8.72. The van der Waals surface area contributed by atoms with E-state index in [0.29, 0.717) is 16.1 Å². The third kappa shape index (κ3) is 0.884.